The van der Waals surface area contributed by atoms with E-state index >= 15 is 0 Å². The average Bonchev–Trinajstić information content (AvgIpc) is 2.62. The van der Waals surface area contributed by atoms with Gasteiger partial charge < -0.3 is 5.32 Å². The van der Waals surface area contributed by atoms with E-state index in [9.17, 15) is 13.2 Å². The summed E-state index contributed by atoms with van der Waals surface area (Å²) in [7, 11) is -3.40. The summed E-state index contributed by atoms with van der Waals surface area (Å²) in [6, 6.07) is 17.5. The number of benzene rings is 2. The molecular weight excluding hydrogens is 346 g/mol. The Morgan fingerprint density at radius 3 is 2.27 bits per heavy atom. The Hall–Kier alpha value is -2.14. The van der Waals surface area contributed by atoms with Crippen molar-refractivity contribution in [3.8, 4) is 0 Å². The molecule has 0 saturated carbocycles. The van der Waals surface area contributed by atoms with Gasteiger partial charge in [-0.3, -0.25) is 4.79 Å². The molecule has 0 fully saturated rings. The molecule has 0 radical (unpaired) electrons. The van der Waals surface area contributed by atoms with Gasteiger partial charge in [-0.15, -0.1) is 0 Å². The van der Waals surface area contributed by atoms with Gasteiger partial charge in [-0.1, -0.05) is 61.5 Å². The molecule has 2 aromatic carbocycles. The van der Waals surface area contributed by atoms with Crippen LogP contribution in [-0.4, -0.2) is 25.8 Å². The minimum atomic E-state index is -3.40. The molecular formula is C21H27NO3S. The summed E-state index contributed by atoms with van der Waals surface area (Å²) in [4.78, 5) is 12.1. The average molecular weight is 374 g/mol. The molecule has 0 aliphatic carbocycles. The third-order valence-corrected chi connectivity index (χ3v) is 5.99. The smallest absolute Gasteiger partial charge is 0.235 e. The van der Waals surface area contributed by atoms with Crippen LogP contribution in [0, 0.1) is 0 Å². The predicted molar refractivity (Wildman–Crippen MR) is 106 cm³/mol. The molecule has 2 aromatic rings. The molecule has 0 aliphatic heterocycles. The molecule has 2 rings (SSSR count). The van der Waals surface area contributed by atoms with Crippen LogP contribution in [0.2, 0.25) is 0 Å². The summed E-state index contributed by atoms with van der Waals surface area (Å²) in [6.45, 7) is 3.95. The quantitative estimate of drug-likeness (QED) is 0.732. The van der Waals surface area contributed by atoms with Crippen LogP contribution in [0.25, 0.3) is 0 Å². The van der Waals surface area contributed by atoms with Gasteiger partial charge in [0, 0.05) is 0 Å². The van der Waals surface area contributed by atoms with Crippen molar-refractivity contribution in [2.45, 2.75) is 39.2 Å². The molecule has 1 unspecified atom stereocenters. The van der Waals surface area contributed by atoms with Crippen molar-refractivity contribution in [2.24, 2.45) is 0 Å². The highest BCUT2D eigenvalue weighted by Crippen LogP contribution is 2.14. The molecule has 1 atom stereocenters. The van der Waals surface area contributed by atoms with Crippen molar-refractivity contribution in [3.05, 3.63) is 71.3 Å². The number of nitrogens with one attached hydrogen (secondary N) is 1. The van der Waals surface area contributed by atoms with Crippen LogP contribution in [0.1, 0.15) is 43.0 Å². The third kappa shape index (κ3) is 6.64. The van der Waals surface area contributed by atoms with E-state index in [2.05, 4.69) is 12.2 Å². The van der Waals surface area contributed by atoms with E-state index < -0.39 is 21.5 Å². The Balaban J connectivity index is 1.81. The zero-order chi connectivity index (χ0) is 19.0. The van der Waals surface area contributed by atoms with Crippen LogP contribution < -0.4 is 5.32 Å². The molecule has 1 amide bonds. The van der Waals surface area contributed by atoms with E-state index in [1.54, 1.807) is 0 Å². The number of aryl methyl sites for hydroxylation is 2. The van der Waals surface area contributed by atoms with Gasteiger partial charge in [0.25, 0.3) is 0 Å². The third-order valence-electron chi connectivity index (χ3n) is 4.38. The first-order chi connectivity index (χ1) is 12.4. The first-order valence-electron chi connectivity index (χ1n) is 9.02. The van der Waals surface area contributed by atoms with Crippen molar-refractivity contribution in [2.75, 3.05) is 11.5 Å². The molecule has 4 nitrogen and oxygen atoms in total. The summed E-state index contributed by atoms with van der Waals surface area (Å²) < 4.78 is 24.3. The van der Waals surface area contributed by atoms with Crippen LogP contribution in [0.4, 0.5) is 0 Å². The van der Waals surface area contributed by atoms with Crippen molar-refractivity contribution in [1.82, 2.24) is 5.32 Å². The van der Waals surface area contributed by atoms with E-state index in [1.807, 2.05) is 61.5 Å². The van der Waals surface area contributed by atoms with Crippen LogP contribution in [0.3, 0.4) is 0 Å². The summed E-state index contributed by atoms with van der Waals surface area (Å²) in [5, 5.41) is 2.78. The van der Waals surface area contributed by atoms with E-state index in [1.165, 1.54) is 5.56 Å². The van der Waals surface area contributed by atoms with E-state index in [-0.39, 0.29) is 11.8 Å². The van der Waals surface area contributed by atoms with Gasteiger partial charge in [-0.25, -0.2) is 8.42 Å². The first kappa shape index (κ1) is 20.2. The SMILES string of the molecule is CCc1ccc(C(C)NC(=O)CS(=O)(=O)CCCc2ccccc2)cc1. The van der Waals surface area contributed by atoms with Crippen molar-refractivity contribution in [1.29, 1.82) is 0 Å². The minimum absolute atomic E-state index is 0.0227. The normalized spacial score (nSPS) is 12.5. The van der Waals surface area contributed by atoms with E-state index in [0.29, 0.717) is 12.8 Å². The van der Waals surface area contributed by atoms with Gasteiger partial charge in [0.2, 0.25) is 5.91 Å². The molecule has 0 saturated heterocycles. The summed E-state index contributed by atoms with van der Waals surface area (Å²) in [5.41, 5.74) is 3.31. The summed E-state index contributed by atoms with van der Waals surface area (Å²) in [5.74, 6) is -0.884. The second kappa shape index (κ2) is 9.53. The highest BCUT2D eigenvalue weighted by atomic mass is 32.2. The second-order valence-electron chi connectivity index (χ2n) is 6.57. The minimum Gasteiger partial charge on any atom is -0.349 e. The van der Waals surface area contributed by atoms with Gasteiger partial charge in [0.15, 0.2) is 9.84 Å². The molecule has 26 heavy (non-hydrogen) atoms. The Kier molecular flexibility index (Phi) is 7.39. The fourth-order valence-corrected chi connectivity index (χ4v) is 4.03. The van der Waals surface area contributed by atoms with E-state index in [0.717, 1.165) is 17.5 Å². The second-order valence-corrected chi connectivity index (χ2v) is 8.75. The van der Waals surface area contributed by atoms with Crippen LogP contribution >= 0.6 is 0 Å². The number of hydrogen-bond donors (Lipinski definition) is 1. The zero-order valence-corrected chi connectivity index (χ0v) is 16.3. The predicted octanol–water partition coefficient (Wildman–Crippen LogP) is 3.47. The monoisotopic (exact) mass is 373 g/mol. The van der Waals surface area contributed by atoms with Crippen molar-refractivity contribution >= 4 is 15.7 Å². The van der Waals surface area contributed by atoms with Gasteiger partial charge in [-0.05, 0) is 42.9 Å². The largest absolute Gasteiger partial charge is 0.349 e. The lowest BCUT2D eigenvalue weighted by Gasteiger charge is -2.15. The van der Waals surface area contributed by atoms with Crippen LogP contribution in [0.15, 0.2) is 54.6 Å². The Morgan fingerprint density at radius 2 is 1.65 bits per heavy atom. The number of hydrogen-bond acceptors (Lipinski definition) is 3. The first-order valence-corrected chi connectivity index (χ1v) is 10.8. The fraction of sp³-hybridized carbons (Fsp3) is 0.381. The molecule has 0 heterocycles. The molecule has 140 valence electrons. The van der Waals surface area contributed by atoms with Crippen LogP contribution in [-0.2, 0) is 27.5 Å². The van der Waals surface area contributed by atoms with Gasteiger partial charge >= 0.3 is 0 Å². The molecule has 0 spiro atoms. The number of sulfone groups is 1. The van der Waals surface area contributed by atoms with Gasteiger partial charge in [0.05, 0.1) is 11.8 Å². The number of rotatable bonds is 9. The maximum absolute atomic E-state index is 12.2. The molecule has 0 aromatic heterocycles. The highest BCUT2D eigenvalue weighted by Gasteiger charge is 2.18. The standard InChI is InChI=1S/C21H27NO3S/c1-3-18-11-13-20(14-12-18)17(2)22-21(23)16-26(24,25)15-7-10-19-8-5-4-6-9-19/h4-6,8-9,11-14,17H,3,7,10,15-16H2,1-2H3,(H,22,23). The molecule has 0 aliphatic rings. The van der Waals surface area contributed by atoms with E-state index in [4.69, 9.17) is 0 Å². The Bertz CT molecular complexity index is 799. The van der Waals surface area contributed by atoms with Crippen LogP contribution in [0.5, 0.6) is 0 Å². The lowest BCUT2D eigenvalue weighted by atomic mass is 10.1. The zero-order valence-electron chi connectivity index (χ0n) is 15.4. The Labute approximate surface area is 156 Å². The molecule has 1 N–H and O–H groups in total. The van der Waals surface area contributed by atoms with Crippen molar-refractivity contribution in [3.63, 3.8) is 0 Å². The lowest BCUT2D eigenvalue weighted by Crippen LogP contribution is -2.33. The number of carbonyl (C=O) groups is 1. The van der Waals surface area contributed by atoms with Gasteiger partial charge in [-0.2, -0.15) is 0 Å². The number of carbonyl (C=O) groups excluding carboxylic acids is 1. The topological polar surface area (TPSA) is 63.2 Å². The van der Waals surface area contributed by atoms with Crippen molar-refractivity contribution < 1.29 is 13.2 Å². The molecule has 5 heteroatoms. The summed E-state index contributed by atoms with van der Waals surface area (Å²) >= 11 is 0. The maximum Gasteiger partial charge on any atom is 0.235 e. The Morgan fingerprint density at radius 1 is 1.00 bits per heavy atom. The number of amides is 1. The fourth-order valence-electron chi connectivity index (χ4n) is 2.82. The molecule has 0 bridgehead atoms. The maximum atomic E-state index is 12.2. The lowest BCUT2D eigenvalue weighted by molar-refractivity contribution is -0.119. The highest BCUT2D eigenvalue weighted by molar-refractivity contribution is 7.92. The summed E-state index contributed by atoms with van der Waals surface area (Å²) in [6.07, 6.45) is 2.18. The van der Waals surface area contributed by atoms with Gasteiger partial charge in [0.1, 0.15) is 5.75 Å².